The normalized spacial score (nSPS) is 17.2. The van der Waals surface area contributed by atoms with Gasteiger partial charge >= 0.3 is 0 Å². The number of morpholine rings is 1. The fourth-order valence-electron chi connectivity index (χ4n) is 3.78. The summed E-state index contributed by atoms with van der Waals surface area (Å²) < 4.78 is 17.1. The van der Waals surface area contributed by atoms with Crippen LogP contribution in [0.5, 0.6) is 5.75 Å². The molecular formula is C22H22N4O3. The number of ether oxygens (including phenoxy) is 2. The molecule has 7 heteroatoms. The zero-order valence-electron chi connectivity index (χ0n) is 16.5. The van der Waals surface area contributed by atoms with E-state index >= 15 is 0 Å². The number of rotatable bonds is 4. The van der Waals surface area contributed by atoms with Gasteiger partial charge in [0, 0.05) is 19.5 Å². The molecule has 0 radical (unpaired) electrons. The van der Waals surface area contributed by atoms with Crippen molar-refractivity contribution >= 4 is 27.8 Å². The van der Waals surface area contributed by atoms with Crippen LogP contribution in [-0.4, -0.2) is 41.8 Å². The number of oxazole rings is 1. The van der Waals surface area contributed by atoms with E-state index in [0.717, 1.165) is 46.4 Å². The van der Waals surface area contributed by atoms with E-state index in [4.69, 9.17) is 13.9 Å². The van der Waals surface area contributed by atoms with E-state index in [1.807, 2.05) is 19.1 Å². The summed E-state index contributed by atoms with van der Waals surface area (Å²) >= 11 is 0. The van der Waals surface area contributed by atoms with Crippen molar-refractivity contribution in [3.8, 4) is 5.75 Å². The molecule has 0 unspecified atom stereocenters. The SMILES string of the molecule is CCc1nc2c(N3CCO[C@@H](c4ccc5cc(OC)ccc5c4)C3)ncnc2o1. The van der Waals surface area contributed by atoms with Crippen LogP contribution in [0, 0.1) is 0 Å². The average Bonchev–Trinajstić information content (AvgIpc) is 3.22. The number of hydrogen-bond donors (Lipinski definition) is 0. The average molecular weight is 390 g/mol. The Morgan fingerprint density at radius 2 is 2.00 bits per heavy atom. The lowest BCUT2D eigenvalue weighted by molar-refractivity contribution is 0.0397. The second kappa shape index (κ2) is 7.33. The van der Waals surface area contributed by atoms with E-state index in [1.54, 1.807) is 7.11 Å². The first kappa shape index (κ1) is 17.9. The van der Waals surface area contributed by atoms with Crippen LogP contribution < -0.4 is 9.64 Å². The number of hydrogen-bond acceptors (Lipinski definition) is 7. The van der Waals surface area contributed by atoms with Crippen molar-refractivity contribution in [2.24, 2.45) is 0 Å². The first-order valence-corrected chi connectivity index (χ1v) is 9.80. The van der Waals surface area contributed by atoms with Gasteiger partial charge in [0.1, 0.15) is 18.2 Å². The molecule has 1 aliphatic rings. The molecule has 5 rings (SSSR count). The molecule has 0 N–H and O–H groups in total. The number of fused-ring (bicyclic) bond motifs is 2. The topological polar surface area (TPSA) is 73.5 Å². The molecular weight excluding hydrogens is 368 g/mol. The van der Waals surface area contributed by atoms with Gasteiger partial charge in [0.25, 0.3) is 5.71 Å². The minimum atomic E-state index is -0.0437. The van der Waals surface area contributed by atoms with E-state index in [2.05, 4.69) is 44.1 Å². The molecule has 2 aromatic carbocycles. The van der Waals surface area contributed by atoms with Crippen molar-refractivity contribution in [1.82, 2.24) is 15.0 Å². The van der Waals surface area contributed by atoms with Crippen molar-refractivity contribution in [1.29, 1.82) is 0 Å². The molecule has 7 nitrogen and oxygen atoms in total. The van der Waals surface area contributed by atoms with E-state index in [-0.39, 0.29) is 6.10 Å². The summed E-state index contributed by atoms with van der Waals surface area (Å²) in [7, 11) is 1.68. The standard InChI is InChI=1S/C22H22N4O3/c1-3-19-25-20-21(23-13-24-22(20)29-19)26-8-9-28-18(12-26)16-5-4-15-11-17(27-2)7-6-14(15)10-16/h4-7,10-11,13,18H,3,8-9,12H2,1-2H3/t18-/m1/s1. The summed E-state index contributed by atoms with van der Waals surface area (Å²) in [5.74, 6) is 2.34. The third-order valence-corrected chi connectivity index (χ3v) is 5.33. The summed E-state index contributed by atoms with van der Waals surface area (Å²) in [6.45, 7) is 4.08. The molecule has 1 atom stereocenters. The molecule has 0 aliphatic carbocycles. The molecule has 0 bridgehead atoms. The van der Waals surface area contributed by atoms with E-state index < -0.39 is 0 Å². The molecule has 0 saturated carbocycles. The molecule has 1 fully saturated rings. The Hall–Kier alpha value is -3.19. The Morgan fingerprint density at radius 1 is 1.14 bits per heavy atom. The Bertz CT molecular complexity index is 1170. The molecule has 1 aliphatic heterocycles. The van der Waals surface area contributed by atoms with Crippen molar-refractivity contribution in [2.75, 3.05) is 31.7 Å². The Kier molecular flexibility index (Phi) is 4.52. The van der Waals surface area contributed by atoms with Gasteiger partial charge in [-0.25, -0.2) is 9.97 Å². The summed E-state index contributed by atoms with van der Waals surface area (Å²) in [5, 5.41) is 2.31. The first-order chi connectivity index (χ1) is 14.2. The van der Waals surface area contributed by atoms with Gasteiger partial charge in [-0.1, -0.05) is 25.1 Å². The highest BCUT2D eigenvalue weighted by Crippen LogP contribution is 2.31. The Morgan fingerprint density at radius 3 is 2.86 bits per heavy atom. The first-order valence-electron chi connectivity index (χ1n) is 9.80. The molecule has 3 heterocycles. The van der Waals surface area contributed by atoms with Crippen molar-refractivity contribution < 1.29 is 13.9 Å². The third kappa shape index (κ3) is 3.27. The van der Waals surface area contributed by atoms with Gasteiger partial charge in [-0.2, -0.15) is 4.98 Å². The predicted molar refractivity (Wildman–Crippen MR) is 110 cm³/mol. The molecule has 0 amide bonds. The number of aryl methyl sites for hydroxylation is 1. The van der Waals surface area contributed by atoms with Gasteiger partial charge in [-0.05, 0) is 34.5 Å². The third-order valence-electron chi connectivity index (χ3n) is 5.33. The highest BCUT2D eigenvalue weighted by molar-refractivity contribution is 5.85. The maximum absolute atomic E-state index is 6.09. The number of nitrogens with zero attached hydrogens (tertiary/aromatic N) is 4. The van der Waals surface area contributed by atoms with Crippen LogP contribution in [0.4, 0.5) is 5.82 Å². The molecule has 29 heavy (non-hydrogen) atoms. The van der Waals surface area contributed by atoms with Gasteiger partial charge in [-0.3, -0.25) is 0 Å². The van der Waals surface area contributed by atoms with Crippen LogP contribution in [0.25, 0.3) is 22.0 Å². The Balaban J connectivity index is 1.45. The molecule has 148 valence electrons. The van der Waals surface area contributed by atoms with Gasteiger partial charge in [0.2, 0.25) is 0 Å². The van der Waals surface area contributed by atoms with Crippen LogP contribution in [0.15, 0.2) is 47.1 Å². The smallest absolute Gasteiger partial charge is 0.252 e. The molecule has 0 spiro atoms. The van der Waals surface area contributed by atoms with Gasteiger partial charge in [0.15, 0.2) is 17.2 Å². The lowest BCUT2D eigenvalue weighted by Gasteiger charge is -2.34. The van der Waals surface area contributed by atoms with Crippen LogP contribution in [0.3, 0.4) is 0 Å². The summed E-state index contributed by atoms with van der Waals surface area (Å²) in [5.41, 5.74) is 2.40. The van der Waals surface area contributed by atoms with Crippen LogP contribution in [0.2, 0.25) is 0 Å². The second-order valence-corrected chi connectivity index (χ2v) is 7.09. The number of benzene rings is 2. The number of aromatic nitrogens is 3. The lowest BCUT2D eigenvalue weighted by atomic mass is 10.0. The van der Waals surface area contributed by atoms with Crippen LogP contribution in [-0.2, 0) is 11.2 Å². The zero-order valence-corrected chi connectivity index (χ0v) is 16.5. The largest absolute Gasteiger partial charge is 0.497 e. The summed E-state index contributed by atoms with van der Waals surface area (Å²) in [6.07, 6.45) is 2.22. The van der Waals surface area contributed by atoms with Gasteiger partial charge < -0.3 is 18.8 Å². The van der Waals surface area contributed by atoms with Gasteiger partial charge in [0.05, 0.1) is 13.7 Å². The lowest BCUT2D eigenvalue weighted by Crippen LogP contribution is -2.39. The second-order valence-electron chi connectivity index (χ2n) is 7.09. The molecule has 4 aromatic rings. The van der Waals surface area contributed by atoms with Gasteiger partial charge in [-0.15, -0.1) is 0 Å². The van der Waals surface area contributed by atoms with E-state index in [1.165, 1.54) is 6.33 Å². The predicted octanol–water partition coefficient (Wildman–Crippen LogP) is 3.92. The maximum atomic E-state index is 6.09. The van der Waals surface area contributed by atoms with Crippen molar-refractivity contribution in [2.45, 2.75) is 19.4 Å². The number of methoxy groups -OCH3 is 1. The van der Waals surface area contributed by atoms with E-state index in [0.29, 0.717) is 24.8 Å². The van der Waals surface area contributed by atoms with Crippen LogP contribution >= 0.6 is 0 Å². The van der Waals surface area contributed by atoms with Crippen molar-refractivity contribution in [3.05, 3.63) is 54.2 Å². The molecule has 2 aromatic heterocycles. The fraction of sp³-hybridized carbons (Fsp3) is 0.318. The number of anilines is 1. The Labute approximate surface area is 168 Å². The quantitative estimate of drug-likeness (QED) is 0.523. The highest BCUT2D eigenvalue weighted by Gasteiger charge is 2.26. The monoisotopic (exact) mass is 390 g/mol. The van der Waals surface area contributed by atoms with E-state index in [9.17, 15) is 0 Å². The van der Waals surface area contributed by atoms with Crippen LogP contribution in [0.1, 0.15) is 24.5 Å². The highest BCUT2D eigenvalue weighted by atomic mass is 16.5. The summed E-state index contributed by atoms with van der Waals surface area (Å²) in [6, 6.07) is 12.5. The minimum Gasteiger partial charge on any atom is -0.497 e. The van der Waals surface area contributed by atoms with Crippen molar-refractivity contribution in [3.63, 3.8) is 0 Å². The zero-order chi connectivity index (χ0) is 19.8. The minimum absolute atomic E-state index is 0.0437. The summed E-state index contributed by atoms with van der Waals surface area (Å²) in [4.78, 5) is 15.5. The maximum Gasteiger partial charge on any atom is 0.252 e. The molecule has 1 saturated heterocycles. The fourth-order valence-corrected chi connectivity index (χ4v) is 3.78.